The van der Waals surface area contributed by atoms with Crippen LogP contribution in [0.4, 0.5) is 13.2 Å². The molecule has 1 fully saturated rings. The molecule has 34 heavy (non-hydrogen) atoms. The van der Waals surface area contributed by atoms with Gasteiger partial charge in [-0.3, -0.25) is 19.1 Å². The molecule has 0 bridgehead atoms. The SMILES string of the molecule is O=C(Cn1c(=O)[nH]c2ccccc2c1=O)NCC(c1ccc(C(F)(F)F)cc1)N1CCOCC1. The molecule has 180 valence electrons. The summed E-state index contributed by atoms with van der Waals surface area (Å²) < 4.78 is 45.1. The second-order valence-corrected chi connectivity index (χ2v) is 7.96. The summed E-state index contributed by atoms with van der Waals surface area (Å²) in [5, 5.41) is 3.00. The van der Waals surface area contributed by atoms with Crippen LogP contribution in [0.2, 0.25) is 0 Å². The number of ether oxygens (including phenoxy) is 1. The highest BCUT2D eigenvalue weighted by atomic mass is 19.4. The van der Waals surface area contributed by atoms with E-state index < -0.39 is 41.5 Å². The molecule has 0 spiro atoms. The second-order valence-electron chi connectivity index (χ2n) is 7.96. The van der Waals surface area contributed by atoms with Crippen LogP contribution in [0.15, 0.2) is 58.1 Å². The maximum absolute atomic E-state index is 13.0. The zero-order chi connectivity index (χ0) is 24.3. The first-order valence-electron chi connectivity index (χ1n) is 10.7. The van der Waals surface area contributed by atoms with Crippen LogP contribution in [0.5, 0.6) is 0 Å². The van der Waals surface area contributed by atoms with E-state index in [1.54, 1.807) is 24.3 Å². The molecule has 1 saturated heterocycles. The Morgan fingerprint density at radius 3 is 2.41 bits per heavy atom. The van der Waals surface area contributed by atoms with Crippen molar-refractivity contribution in [1.82, 2.24) is 19.8 Å². The molecule has 8 nitrogen and oxygen atoms in total. The average molecular weight is 476 g/mol. The summed E-state index contributed by atoms with van der Waals surface area (Å²) in [5.74, 6) is -0.562. The van der Waals surface area contributed by atoms with Gasteiger partial charge in [0.2, 0.25) is 5.91 Å². The lowest BCUT2D eigenvalue weighted by Gasteiger charge is -2.35. The minimum Gasteiger partial charge on any atom is -0.379 e. The minimum absolute atomic E-state index is 0.0877. The molecule has 2 N–H and O–H groups in total. The molecule has 2 aromatic carbocycles. The second kappa shape index (κ2) is 9.82. The lowest BCUT2D eigenvalue weighted by molar-refractivity contribution is -0.137. The number of para-hydroxylation sites is 1. The Kier molecular flexibility index (Phi) is 6.85. The van der Waals surface area contributed by atoms with Crippen LogP contribution in [0.3, 0.4) is 0 Å². The van der Waals surface area contributed by atoms with Crippen molar-refractivity contribution in [1.29, 1.82) is 0 Å². The Bertz CT molecular complexity index is 1280. The standard InChI is InChI=1S/C23H23F3N4O4/c24-23(25,26)16-7-5-15(6-8-16)19(29-9-11-34-12-10-29)13-27-20(31)14-30-21(32)17-3-1-2-4-18(17)28-22(30)33/h1-8,19H,9-14H2,(H,27,31)(H,28,33). The molecule has 3 aromatic rings. The molecule has 2 heterocycles. The maximum Gasteiger partial charge on any atom is 0.416 e. The summed E-state index contributed by atoms with van der Waals surface area (Å²) in [6, 6.07) is 10.9. The molecule has 0 saturated carbocycles. The number of amides is 1. The Morgan fingerprint density at radius 2 is 1.74 bits per heavy atom. The van der Waals surface area contributed by atoms with Gasteiger partial charge in [0, 0.05) is 19.6 Å². The predicted molar refractivity (Wildman–Crippen MR) is 118 cm³/mol. The third-order valence-electron chi connectivity index (χ3n) is 5.79. The summed E-state index contributed by atoms with van der Waals surface area (Å²) in [7, 11) is 0. The average Bonchev–Trinajstić information content (AvgIpc) is 2.82. The number of nitrogens with one attached hydrogen (secondary N) is 2. The van der Waals surface area contributed by atoms with Crippen molar-refractivity contribution in [3.05, 3.63) is 80.5 Å². The van der Waals surface area contributed by atoms with E-state index in [0.717, 1.165) is 16.7 Å². The number of hydrogen-bond donors (Lipinski definition) is 2. The summed E-state index contributed by atoms with van der Waals surface area (Å²) in [6.45, 7) is 1.63. The van der Waals surface area contributed by atoms with Crippen LogP contribution in [0, 0.1) is 0 Å². The summed E-state index contributed by atoms with van der Waals surface area (Å²) in [6.07, 6.45) is -4.44. The van der Waals surface area contributed by atoms with E-state index >= 15 is 0 Å². The number of halogens is 3. The zero-order valence-electron chi connectivity index (χ0n) is 18.1. The van der Waals surface area contributed by atoms with Crippen LogP contribution in [-0.2, 0) is 22.3 Å². The number of carbonyl (C=O) groups is 1. The van der Waals surface area contributed by atoms with Crippen LogP contribution >= 0.6 is 0 Å². The van der Waals surface area contributed by atoms with Crippen LogP contribution < -0.4 is 16.6 Å². The molecule has 1 aliphatic rings. The zero-order valence-corrected chi connectivity index (χ0v) is 18.1. The van der Waals surface area contributed by atoms with E-state index in [0.29, 0.717) is 37.4 Å². The number of morpholine rings is 1. The first-order chi connectivity index (χ1) is 16.2. The Balaban J connectivity index is 1.51. The van der Waals surface area contributed by atoms with Gasteiger partial charge in [-0.1, -0.05) is 24.3 Å². The number of carbonyl (C=O) groups excluding carboxylic acids is 1. The van der Waals surface area contributed by atoms with Gasteiger partial charge in [0.05, 0.1) is 35.7 Å². The molecule has 1 aliphatic heterocycles. The highest BCUT2D eigenvalue weighted by Crippen LogP contribution is 2.31. The van der Waals surface area contributed by atoms with Crippen molar-refractivity contribution in [2.24, 2.45) is 0 Å². The first-order valence-corrected chi connectivity index (χ1v) is 10.7. The predicted octanol–water partition coefficient (Wildman–Crippen LogP) is 1.90. The topological polar surface area (TPSA) is 96.4 Å². The number of hydrogen-bond acceptors (Lipinski definition) is 5. The Hall–Kier alpha value is -3.44. The molecule has 0 radical (unpaired) electrons. The number of H-pyrrole nitrogens is 1. The van der Waals surface area contributed by atoms with Crippen molar-refractivity contribution in [2.75, 3.05) is 32.8 Å². The minimum atomic E-state index is -4.44. The molecule has 1 unspecified atom stereocenters. The van der Waals surface area contributed by atoms with Crippen molar-refractivity contribution in [3.8, 4) is 0 Å². The number of rotatable bonds is 6. The fraction of sp³-hybridized carbons (Fsp3) is 0.348. The van der Waals surface area contributed by atoms with Gasteiger partial charge in [-0.15, -0.1) is 0 Å². The summed E-state index contributed by atoms with van der Waals surface area (Å²) >= 11 is 0. The molecular formula is C23H23F3N4O4. The van der Waals surface area contributed by atoms with E-state index in [1.165, 1.54) is 12.1 Å². The molecule has 11 heteroatoms. The monoisotopic (exact) mass is 476 g/mol. The largest absolute Gasteiger partial charge is 0.416 e. The highest BCUT2D eigenvalue weighted by molar-refractivity contribution is 5.78. The van der Waals surface area contributed by atoms with Crippen LogP contribution in [0.1, 0.15) is 17.2 Å². The highest BCUT2D eigenvalue weighted by Gasteiger charge is 2.31. The third kappa shape index (κ3) is 5.20. The fourth-order valence-corrected chi connectivity index (χ4v) is 3.99. The normalized spacial score (nSPS) is 15.9. The smallest absolute Gasteiger partial charge is 0.379 e. The quantitative estimate of drug-likeness (QED) is 0.567. The van der Waals surface area contributed by atoms with Gasteiger partial charge in [0.15, 0.2) is 0 Å². The van der Waals surface area contributed by atoms with Gasteiger partial charge in [-0.2, -0.15) is 13.2 Å². The lowest BCUT2D eigenvalue weighted by Crippen LogP contribution is -2.45. The van der Waals surface area contributed by atoms with Crippen molar-refractivity contribution >= 4 is 16.8 Å². The Labute approximate surface area is 192 Å². The van der Waals surface area contributed by atoms with Gasteiger partial charge in [-0.25, -0.2) is 4.79 Å². The first kappa shape index (κ1) is 23.7. The molecule has 0 aliphatic carbocycles. The number of aromatic amines is 1. The van der Waals surface area contributed by atoms with E-state index in [4.69, 9.17) is 4.74 Å². The third-order valence-corrected chi connectivity index (χ3v) is 5.79. The number of alkyl halides is 3. The van der Waals surface area contributed by atoms with Crippen LogP contribution in [0.25, 0.3) is 10.9 Å². The number of nitrogens with zero attached hydrogens (tertiary/aromatic N) is 2. The molecule has 1 amide bonds. The van der Waals surface area contributed by atoms with Gasteiger partial charge in [-0.05, 0) is 29.8 Å². The molecular weight excluding hydrogens is 453 g/mol. The van der Waals surface area contributed by atoms with Crippen molar-refractivity contribution < 1.29 is 22.7 Å². The van der Waals surface area contributed by atoms with E-state index in [9.17, 15) is 27.6 Å². The van der Waals surface area contributed by atoms with E-state index in [-0.39, 0.29) is 11.9 Å². The van der Waals surface area contributed by atoms with Crippen LogP contribution in [-0.4, -0.2) is 53.2 Å². The lowest BCUT2D eigenvalue weighted by atomic mass is 10.0. The molecule has 1 atom stereocenters. The number of aromatic nitrogens is 2. The van der Waals surface area contributed by atoms with Gasteiger partial charge in [0.25, 0.3) is 5.56 Å². The number of benzene rings is 2. The Morgan fingerprint density at radius 1 is 1.06 bits per heavy atom. The maximum atomic E-state index is 13.0. The van der Waals surface area contributed by atoms with Gasteiger partial charge in [0.1, 0.15) is 6.54 Å². The summed E-state index contributed by atoms with van der Waals surface area (Å²) in [5.41, 5.74) is -1.05. The van der Waals surface area contributed by atoms with Gasteiger partial charge >= 0.3 is 11.9 Å². The van der Waals surface area contributed by atoms with E-state index in [1.807, 2.05) is 4.90 Å². The van der Waals surface area contributed by atoms with E-state index in [2.05, 4.69) is 10.3 Å². The van der Waals surface area contributed by atoms with Gasteiger partial charge < -0.3 is 15.0 Å². The molecule has 4 rings (SSSR count). The number of fused-ring (bicyclic) bond motifs is 1. The van der Waals surface area contributed by atoms with Crippen molar-refractivity contribution in [2.45, 2.75) is 18.8 Å². The fourth-order valence-electron chi connectivity index (χ4n) is 3.99. The molecule has 1 aromatic heterocycles. The van der Waals surface area contributed by atoms with Crippen molar-refractivity contribution in [3.63, 3.8) is 0 Å². The summed E-state index contributed by atoms with van der Waals surface area (Å²) in [4.78, 5) is 42.2.